The fraction of sp³-hybridized carbons (Fsp3) is 0.562. The summed E-state index contributed by atoms with van der Waals surface area (Å²) in [7, 11) is 0. The fourth-order valence-electron chi connectivity index (χ4n) is 5.98. The lowest BCUT2D eigenvalue weighted by Gasteiger charge is -2.38. The number of Topliss-reactive ketones (excluding diaryl/α,β-unsaturated/α-hetero) is 1. The molecule has 0 bridgehead atoms. The van der Waals surface area contributed by atoms with E-state index in [1.165, 1.54) is 0 Å². The molecule has 44 heavy (non-hydrogen) atoms. The van der Waals surface area contributed by atoms with Crippen molar-refractivity contribution in [3.63, 3.8) is 0 Å². The van der Waals surface area contributed by atoms with Crippen LogP contribution in [0, 0.1) is 22.6 Å². The van der Waals surface area contributed by atoms with Gasteiger partial charge in [-0.05, 0) is 69.9 Å². The van der Waals surface area contributed by atoms with E-state index in [0.29, 0.717) is 38.5 Å². The highest BCUT2D eigenvalue weighted by Gasteiger charge is 2.40. The third-order valence-corrected chi connectivity index (χ3v) is 9.63. The number of aliphatic imine (C=N–C) groups is 1. The Hall–Kier alpha value is -2.72. The predicted molar refractivity (Wildman–Crippen MR) is 163 cm³/mol. The molecule has 0 aliphatic heterocycles. The van der Waals surface area contributed by atoms with Crippen LogP contribution < -0.4 is 0 Å². The smallest absolute Gasteiger partial charge is 0.413 e. The van der Waals surface area contributed by atoms with E-state index >= 15 is 0 Å². The summed E-state index contributed by atoms with van der Waals surface area (Å²) in [5, 5.41) is 8.95. The van der Waals surface area contributed by atoms with Crippen LogP contribution in [-0.2, 0) is 9.59 Å². The summed E-state index contributed by atoms with van der Waals surface area (Å²) >= 11 is 12.2. The van der Waals surface area contributed by atoms with Gasteiger partial charge in [-0.3, -0.25) is 19.4 Å². The van der Waals surface area contributed by atoms with E-state index in [2.05, 4.69) is 11.6 Å². The maximum absolute atomic E-state index is 14.1. The van der Waals surface area contributed by atoms with Crippen LogP contribution in [0.2, 0.25) is 10.0 Å². The minimum absolute atomic E-state index is 0.00613. The molecule has 1 N–H and O–H groups in total. The van der Waals surface area contributed by atoms with Crippen molar-refractivity contribution in [2.75, 3.05) is 13.1 Å². The van der Waals surface area contributed by atoms with Crippen molar-refractivity contribution in [1.29, 1.82) is 0 Å². The number of hydrogen-bond acceptors (Lipinski definition) is 4. The molecule has 242 valence electrons. The topological polar surface area (TPSA) is 87.0 Å². The molecule has 0 unspecified atom stereocenters. The number of carbonyl (C=O) groups is 3. The van der Waals surface area contributed by atoms with Crippen LogP contribution in [0.4, 0.5) is 17.6 Å². The number of rotatable bonds is 10. The van der Waals surface area contributed by atoms with Crippen LogP contribution in [0.25, 0.3) is 0 Å². The summed E-state index contributed by atoms with van der Waals surface area (Å²) in [6.45, 7) is 7.61. The SMILES string of the molecule is C=C(N=C/C(C(=O)N(CC(=O)c1c(Cl)cc(F)cc1Cl)CC1(C)CCCCC1)=C(\C)C(F)(F)F)C1CCC(C)(C(=O)O)CC1. The first-order valence-electron chi connectivity index (χ1n) is 14.6. The maximum atomic E-state index is 14.1. The predicted octanol–water partition coefficient (Wildman–Crippen LogP) is 8.86. The largest absolute Gasteiger partial charge is 0.481 e. The number of amides is 1. The molecule has 0 radical (unpaired) electrons. The highest BCUT2D eigenvalue weighted by molar-refractivity contribution is 6.40. The number of allylic oxidation sites excluding steroid dienone is 2. The first kappa shape index (κ1) is 35.8. The lowest BCUT2D eigenvalue weighted by atomic mass is 9.71. The molecule has 12 heteroatoms. The highest BCUT2D eigenvalue weighted by atomic mass is 35.5. The number of halogens is 6. The van der Waals surface area contributed by atoms with E-state index in [9.17, 15) is 37.1 Å². The Bertz CT molecular complexity index is 1340. The van der Waals surface area contributed by atoms with Crippen molar-refractivity contribution in [1.82, 2.24) is 4.90 Å². The average molecular weight is 662 g/mol. The molecule has 2 aliphatic rings. The Kier molecular flexibility index (Phi) is 11.5. The van der Waals surface area contributed by atoms with Gasteiger partial charge in [0.2, 0.25) is 0 Å². The molecular formula is C32H38Cl2F4N2O4. The quantitative estimate of drug-likeness (QED) is 0.118. The van der Waals surface area contributed by atoms with Gasteiger partial charge in [-0.15, -0.1) is 0 Å². The number of alkyl halides is 3. The minimum Gasteiger partial charge on any atom is -0.481 e. The number of ketones is 1. The Balaban J connectivity index is 1.97. The van der Waals surface area contributed by atoms with Crippen LogP contribution in [0.1, 0.15) is 88.9 Å². The van der Waals surface area contributed by atoms with Gasteiger partial charge in [0.25, 0.3) is 5.91 Å². The first-order valence-corrected chi connectivity index (χ1v) is 15.3. The van der Waals surface area contributed by atoms with E-state index in [1.54, 1.807) is 6.92 Å². The normalized spacial score (nSPS) is 22.8. The zero-order valence-corrected chi connectivity index (χ0v) is 26.6. The second-order valence-electron chi connectivity index (χ2n) is 12.6. The van der Waals surface area contributed by atoms with Gasteiger partial charge >= 0.3 is 12.1 Å². The van der Waals surface area contributed by atoms with Gasteiger partial charge in [-0.2, -0.15) is 13.2 Å². The molecule has 2 saturated carbocycles. The highest BCUT2D eigenvalue weighted by Crippen LogP contribution is 2.42. The second kappa shape index (κ2) is 14.1. The van der Waals surface area contributed by atoms with E-state index in [1.807, 2.05) is 6.92 Å². The van der Waals surface area contributed by atoms with Gasteiger partial charge in [0, 0.05) is 29.9 Å². The molecule has 2 fully saturated rings. The molecule has 2 aliphatic carbocycles. The number of nitrogens with zero attached hydrogens (tertiary/aromatic N) is 2. The summed E-state index contributed by atoms with van der Waals surface area (Å²) in [6, 6.07) is 1.80. The Morgan fingerprint density at radius 3 is 2.11 bits per heavy atom. The molecule has 6 nitrogen and oxygen atoms in total. The summed E-state index contributed by atoms with van der Waals surface area (Å²) in [5.74, 6) is -3.74. The Morgan fingerprint density at radius 2 is 1.61 bits per heavy atom. The maximum Gasteiger partial charge on any atom is 0.413 e. The molecule has 0 spiro atoms. The fourth-order valence-corrected chi connectivity index (χ4v) is 6.65. The van der Waals surface area contributed by atoms with E-state index in [0.717, 1.165) is 49.4 Å². The average Bonchev–Trinajstić information content (AvgIpc) is 2.92. The number of carboxylic acid groups (broad SMARTS) is 1. The number of hydrogen-bond donors (Lipinski definition) is 1. The zero-order chi connectivity index (χ0) is 33.0. The lowest BCUT2D eigenvalue weighted by Crippen LogP contribution is -2.45. The molecule has 3 rings (SSSR count). The summed E-state index contributed by atoms with van der Waals surface area (Å²) in [4.78, 5) is 44.2. The van der Waals surface area contributed by atoms with Crippen molar-refractivity contribution in [3.05, 3.63) is 57.0 Å². The van der Waals surface area contributed by atoms with Gasteiger partial charge in [-0.1, -0.05) is 56.0 Å². The second-order valence-corrected chi connectivity index (χ2v) is 13.4. The molecular weight excluding hydrogens is 623 g/mol. The van der Waals surface area contributed by atoms with Gasteiger partial charge in [-0.25, -0.2) is 4.39 Å². The summed E-state index contributed by atoms with van der Waals surface area (Å²) in [5.41, 5.74) is -3.27. The summed E-state index contributed by atoms with van der Waals surface area (Å²) < 4.78 is 56.0. The van der Waals surface area contributed by atoms with Crippen LogP contribution in [0.15, 0.2) is 40.5 Å². The van der Waals surface area contributed by atoms with Crippen LogP contribution in [0.3, 0.4) is 0 Å². The Labute approximate surface area is 265 Å². The Morgan fingerprint density at radius 1 is 1.07 bits per heavy atom. The van der Waals surface area contributed by atoms with Crippen molar-refractivity contribution in [2.45, 2.75) is 84.7 Å². The monoisotopic (exact) mass is 660 g/mol. The number of benzene rings is 1. The van der Waals surface area contributed by atoms with Crippen LogP contribution in [0.5, 0.6) is 0 Å². The molecule has 1 amide bonds. The van der Waals surface area contributed by atoms with E-state index in [4.69, 9.17) is 23.2 Å². The third-order valence-electron chi connectivity index (χ3n) is 9.04. The molecule has 0 saturated heterocycles. The van der Waals surface area contributed by atoms with E-state index < -0.39 is 58.2 Å². The zero-order valence-electron chi connectivity index (χ0n) is 25.1. The van der Waals surface area contributed by atoms with Crippen molar-refractivity contribution < 1.29 is 37.1 Å². The lowest BCUT2D eigenvalue weighted by molar-refractivity contribution is -0.150. The van der Waals surface area contributed by atoms with E-state index in [-0.39, 0.29) is 33.8 Å². The standard InChI is InChI=1S/C32H38Cl2F4N2O4/c1-19(32(36,37)38)23(16-39-20(2)21-8-12-31(4,13-9-21)29(43)44)28(42)40(18-30(3)10-6-5-7-11-30)17-26(41)27-24(33)14-22(35)15-25(27)34/h14-16,21H,2,5-13,17-18H2,1,3-4H3,(H,43,44)/b23-19-,39-16?. The van der Waals surface area contributed by atoms with Crippen molar-refractivity contribution in [3.8, 4) is 0 Å². The van der Waals surface area contributed by atoms with Gasteiger partial charge in [0.1, 0.15) is 5.82 Å². The van der Waals surface area contributed by atoms with Crippen LogP contribution >= 0.6 is 23.2 Å². The number of aliphatic carboxylic acids is 1. The number of carboxylic acids is 1. The minimum atomic E-state index is -4.87. The molecule has 1 aromatic rings. The molecule has 0 aromatic heterocycles. The van der Waals surface area contributed by atoms with Crippen LogP contribution in [-0.4, -0.2) is 53.1 Å². The number of carbonyl (C=O) groups excluding carboxylic acids is 2. The van der Waals surface area contributed by atoms with Gasteiger partial charge in [0.05, 0.1) is 33.1 Å². The van der Waals surface area contributed by atoms with Gasteiger partial charge in [0.15, 0.2) is 5.78 Å². The first-order chi connectivity index (χ1) is 20.4. The van der Waals surface area contributed by atoms with Crippen molar-refractivity contribution >= 4 is 47.1 Å². The van der Waals surface area contributed by atoms with Gasteiger partial charge < -0.3 is 10.0 Å². The summed E-state index contributed by atoms with van der Waals surface area (Å²) in [6.07, 6.45) is 1.70. The molecule has 1 aromatic carbocycles. The molecule has 0 heterocycles. The third kappa shape index (κ3) is 8.71. The molecule has 0 atom stereocenters. The van der Waals surface area contributed by atoms with Crippen molar-refractivity contribution in [2.24, 2.45) is 21.7 Å².